The minimum Gasteiger partial charge on any atom is -0.436 e. The Kier molecular flexibility index (Phi) is 4.72. The van der Waals surface area contributed by atoms with Gasteiger partial charge in [-0.25, -0.2) is 9.37 Å². The van der Waals surface area contributed by atoms with Gasteiger partial charge >= 0.3 is 0 Å². The van der Waals surface area contributed by atoms with E-state index in [-0.39, 0.29) is 11.6 Å². The Hall–Kier alpha value is -1.59. The van der Waals surface area contributed by atoms with Gasteiger partial charge < -0.3 is 10.1 Å². The van der Waals surface area contributed by atoms with Crippen LogP contribution in [0, 0.1) is 5.82 Å². The zero-order chi connectivity index (χ0) is 14.5. The Morgan fingerprint density at radius 3 is 3.05 bits per heavy atom. The van der Waals surface area contributed by atoms with E-state index in [0.29, 0.717) is 11.9 Å². The minimum atomic E-state index is -0.384. The van der Waals surface area contributed by atoms with Crippen LogP contribution in [0.1, 0.15) is 12.0 Å². The van der Waals surface area contributed by atoms with Crippen molar-refractivity contribution in [3.05, 3.63) is 54.0 Å². The highest BCUT2D eigenvalue weighted by Crippen LogP contribution is 2.23. The number of thioether (sulfide) groups is 1. The normalized spacial score (nSPS) is 17.9. The number of nitrogens with one attached hydrogen (secondary N) is 1. The summed E-state index contributed by atoms with van der Waals surface area (Å²) in [7, 11) is 0. The lowest BCUT2D eigenvalue weighted by molar-refractivity contribution is 0.426. The number of nitrogens with zero attached hydrogens (tertiary/aromatic N) is 1. The number of hydrogen-bond acceptors (Lipinski definition) is 4. The minimum absolute atomic E-state index is 0.197. The van der Waals surface area contributed by atoms with Gasteiger partial charge in [-0.15, -0.1) is 0 Å². The lowest BCUT2D eigenvalue weighted by Crippen LogP contribution is -2.27. The molecule has 1 aromatic carbocycles. The van der Waals surface area contributed by atoms with Crippen molar-refractivity contribution in [2.24, 2.45) is 0 Å². The molecule has 0 amide bonds. The van der Waals surface area contributed by atoms with E-state index in [9.17, 15) is 4.39 Å². The molecule has 0 radical (unpaired) electrons. The Morgan fingerprint density at radius 1 is 1.33 bits per heavy atom. The molecule has 1 aromatic heterocycles. The van der Waals surface area contributed by atoms with Crippen molar-refractivity contribution < 1.29 is 9.13 Å². The molecule has 1 unspecified atom stereocenters. The van der Waals surface area contributed by atoms with E-state index < -0.39 is 0 Å². The fraction of sp³-hybridized carbons (Fsp3) is 0.312. The maximum atomic E-state index is 13.6. The quantitative estimate of drug-likeness (QED) is 0.915. The van der Waals surface area contributed by atoms with Gasteiger partial charge in [0, 0.05) is 30.6 Å². The molecule has 0 bridgehead atoms. The summed E-state index contributed by atoms with van der Waals surface area (Å²) in [5.74, 6) is 2.63. The van der Waals surface area contributed by atoms with Gasteiger partial charge in [-0.3, -0.25) is 0 Å². The molecular weight excluding hydrogens is 287 g/mol. The maximum absolute atomic E-state index is 13.6. The smallest absolute Gasteiger partial charge is 0.219 e. The van der Waals surface area contributed by atoms with E-state index in [2.05, 4.69) is 10.3 Å². The van der Waals surface area contributed by atoms with Crippen molar-refractivity contribution in [3.63, 3.8) is 0 Å². The molecular formula is C16H17FN2OS. The number of ether oxygens (including phenoxy) is 1. The van der Waals surface area contributed by atoms with Crippen molar-refractivity contribution in [3.8, 4) is 11.6 Å². The first-order chi connectivity index (χ1) is 10.3. The van der Waals surface area contributed by atoms with Crippen LogP contribution in [0.15, 0.2) is 42.6 Å². The number of pyridine rings is 1. The van der Waals surface area contributed by atoms with Crippen LogP contribution in [0.2, 0.25) is 0 Å². The molecule has 110 valence electrons. The van der Waals surface area contributed by atoms with Crippen LogP contribution in [0.4, 0.5) is 4.39 Å². The topological polar surface area (TPSA) is 34.1 Å². The summed E-state index contributed by atoms with van der Waals surface area (Å²) in [6, 6.07) is 10.7. The Bertz CT molecular complexity index is 602. The fourth-order valence-corrected chi connectivity index (χ4v) is 3.40. The van der Waals surface area contributed by atoms with Crippen molar-refractivity contribution in [2.75, 3.05) is 11.5 Å². The number of benzene rings is 1. The van der Waals surface area contributed by atoms with Gasteiger partial charge in [0.1, 0.15) is 0 Å². The van der Waals surface area contributed by atoms with Crippen LogP contribution in [-0.4, -0.2) is 22.5 Å². The average molecular weight is 304 g/mol. The standard InChI is InChI=1S/C16H17FN2OS/c17-14-3-1-2-4-15(14)20-16-9-12(5-7-18-16)10-19-13-6-8-21-11-13/h1-5,7,9,13,19H,6,8,10-11H2. The van der Waals surface area contributed by atoms with Gasteiger partial charge in [0.15, 0.2) is 11.6 Å². The predicted molar refractivity (Wildman–Crippen MR) is 83.3 cm³/mol. The van der Waals surface area contributed by atoms with Crippen LogP contribution in [0.3, 0.4) is 0 Å². The number of aromatic nitrogens is 1. The highest BCUT2D eigenvalue weighted by atomic mass is 32.2. The lowest BCUT2D eigenvalue weighted by atomic mass is 10.2. The third-order valence-corrected chi connectivity index (χ3v) is 4.54. The van der Waals surface area contributed by atoms with Gasteiger partial charge in [-0.1, -0.05) is 12.1 Å². The van der Waals surface area contributed by atoms with E-state index in [1.807, 2.05) is 23.9 Å². The molecule has 1 atom stereocenters. The number of hydrogen-bond donors (Lipinski definition) is 1. The van der Waals surface area contributed by atoms with E-state index >= 15 is 0 Å². The van der Waals surface area contributed by atoms with E-state index in [1.165, 1.54) is 24.0 Å². The predicted octanol–water partition coefficient (Wildman–Crippen LogP) is 3.61. The first kappa shape index (κ1) is 14.4. The third kappa shape index (κ3) is 3.95. The molecule has 1 fully saturated rings. The summed E-state index contributed by atoms with van der Waals surface area (Å²) < 4.78 is 19.1. The van der Waals surface area contributed by atoms with E-state index in [0.717, 1.165) is 12.1 Å². The number of para-hydroxylation sites is 1. The molecule has 1 saturated heterocycles. The number of rotatable bonds is 5. The first-order valence-corrected chi connectivity index (χ1v) is 8.15. The molecule has 0 spiro atoms. The summed E-state index contributed by atoms with van der Waals surface area (Å²) in [5.41, 5.74) is 1.09. The molecule has 2 aromatic rings. The first-order valence-electron chi connectivity index (χ1n) is 7.00. The van der Waals surface area contributed by atoms with Crippen molar-refractivity contribution >= 4 is 11.8 Å². The molecule has 0 saturated carbocycles. The largest absolute Gasteiger partial charge is 0.436 e. The number of halogens is 1. The zero-order valence-electron chi connectivity index (χ0n) is 11.6. The van der Waals surface area contributed by atoms with E-state index in [1.54, 1.807) is 24.4 Å². The van der Waals surface area contributed by atoms with Crippen LogP contribution < -0.4 is 10.1 Å². The second kappa shape index (κ2) is 6.91. The summed E-state index contributed by atoms with van der Waals surface area (Å²) >= 11 is 1.98. The molecule has 1 N–H and O–H groups in total. The molecule has 5 heteroatoms. The van der Waals surface area contributed by atoms with Gasteiger partial charge in [0.05, 0.1) is 0 Å². The molecule has 2 heterocycles. The third-order valence-electron chi connectivity index (χ3n) is 3.37. The molecule has 21 heavy (non-hydrogen) atoms. The average Bonchev–Trinajstić information content (AvgIpc) is 3.01. The summed E-state index contributed by atoms with van der Waals surface area (Å²) in [4.78, 5) is 4.13. The van der Waals surface area contributed by atoms with Gasteiger partial charge in [0.25, 0.3) is 0 Å². The van der Waals surface area contributed by atoms with Crippen molar-refractivity contribution in [2.45, 2.75) is 19.0 Å². The maximum Gasteiger partial charge on any atom is 0.219 e. The zero-order valence-corrected chi connectivity index (χ0v) is 12.4. The van der Waals surface area contributed by atoms with Crippen LogP contribution in [0.5, 0.6) is 11.6 Å². The molecule has 3 nitrogen and oxygen atoms in total. The molecule has 1 aliphatic heterocycles. The molecule has 0 aliphatic carbocycles. The Morgan fingerprint density at radius 2 is 2.24 bits per heavy atom. The Labute approximate surface area is 127 Å². The fourth-order valence-electron chi connectivity index (χ4n) is 2.21. The highest BCUT2D eigenvalue weighted by molar-refractivity contribution is 7.99. The van der Waals surface area contributed by atoms with Gasteiger partial charge in [-0.05, 0) is 35.9 Å². The Balaban J connectivity index is 1.64. The molecule has 1 aliphatic rings. The summed E-state index contributed by atoms with van der Waals surface area (Å²) in [6.45, 7) is 0.779. The SMILES string of the molecule is Fc1ccccc1Oc1cc(CNC2CCSC2)ccn1. The van der Waals surface area contributed by atoms with Crippen LogP contribution in [0.25, 0.3) is 0 Å². The van der Waals surface area contributed by atoms with Gasteiger partial charge in [-0.2, -0.15) is 11.8 Å². The monoisotopic (exact) mass is 304 g/mol. The summed E-state index contributed by atoms with van der Waals surface area (Å²) in [5, 5.41) is 3.52. The lowest BCUT2D eigenvalue weighted by Gasteiger charge is -2.12. The second-order valence-electron chi connectivity index (χ2n) is 4.98. The highest BCUT2D eigenvalue weighted by Gasteiger charge is 2.14. The van der Waals surface area contributed by atoms with E-state index in [4.69, 9.17) is 4.74 Å². The van der Waals surface area contributed by atoms with Crippen molar-refractivity contribution in [1.29, 1.82) is 0 Å². The summed E-state index contributed by atoms with van der Waals surface area (Å²) in [6.07, 6.45) is 2.91. The van der Waals surface area contributed by atoms with Crippen LogP contribution in [-0.2, 0) is 6.54 Å². The second-order valence-corrected chi connectivity index (χ2v) is 6.13. The molecule has 3 rings (SSSR count). The van der Waals surface area contributed by atoms with Gasteiger partial charge in [0.2, 0.25) is 5.88 Å². The van der Waals surface area contributed by atoms with Crippen molar-refractivity contribution in [1.82, 2.24) is 10.3 Å². The van der Waals surface area contributed by atoms with Crippen LogP contribution >= 0.6 is 11.8 Å².